The van der Waals surface area contributed by atoms with Gasteiger partial charge in [-0.05, 0) is 62.8 Å². The number of carbonyl (C=O) groups is 1. The van der Waals surface area contributed by atoms with Gasteiger partial charge in [0, 0.05) is 11.5 Å². The number of aliphatic carboxylic acids is 1. The van der Waals surface area contributed by atoms with Crippen LogP contribution in [0.15, 0.2) is 48.5 Å². The average molecular weight is 409 g/mol. The molecule has 2 aliphatic rings. The number of fused-ring (bicyclic) bond motifs is 3. The predicted molar refractivity (Wildman–Crippen MR) is 117 cm³/mol. The standard InChI is InChI=1S/C26H32O4/c1-4-8-18-12-14-23-19(15-18)24-21(26(2,3)30-23)16-20(25(27)28)22(29-24)13-11-17-9-6-5-7-10-17/h5-7,9-10,12,14-15,20-22,24H,4,8,11,13,16H2,1-3H3,(H,27,28)/t20-,21+,22+,24-/m1/s1. The molecule has 160 valence electrons. The maximum Gasteiger partial charge on any atom is 0.309 e. The lowest BCUT2D eigenvalue weighted by molar-refractivity contribution is -0.188. The Morgan fingerprint density at radius 3 is 2.57 bits per heavy atom. The third-order valence-corrected chi connectivity index (χ3v) is 6.71. The van der Waals surface area contributed by atoms with Crippen LogP contribution in [0.4, 0.5) is 0 Å². The molecule has 4 heteroatoms. The Kier molecular flexibility index (Phi) is 5.88. The summed E-state index contributed by atoms with van der Waals surface area (Å²) in [6, 6.07) is 16.6. The summed E-state index contributed by atoms with van der Waals surface area (Å²) in [5, 5.41) is 9.95. The largest absolute Gasteiger partial charge is 0.487 e. The van der Waals surface area contributed by atoms with Gasteiger partial charge in [0.15, 0.2) is 0 Å². The molecular formula is C26H32O4. The van der Waals surface area contributed by atoms with Crippen molar-refractivity contribution in [3.8, 4) is 5.75 Å². The predicted octanol–water partition coefficient (Wildman–Crippen LogP) is 5.59. The second-order valence-electron chi connectivity index (χ2n) is 9.23. The Bertz CT molecular complexity index is 889. The Balaban J connectivity index is 1.63. The molecular weight excluding hydrogens is 376 g/mol. The summed E-state index contributed by atoms with van der Waals surface area (Å²) in [4.78, 5) is 12.1. The summed E-state index contributed by atoms with van der Waals surface area (Å²) >= 11 is 0. The summed E-state index contributed by atoms with van der Waals surface area (Å²) in [5.41, 5.74) is 3.11. The molecule has 4 atom stereocenters. The van der Waals surface area contributed by atoms with Crippen molar-refractivity contribution in [1.82, 2.24) is 0 Å². The van der Waals surface area contributed by atoms with Crippen LogP contribution in [0, 0.1) is 11.8 Å². The van der Waals surface area contributed by atoms with E-state index in [-0.39, 0.29) is 18.1 Å². The molecule has 2 aliphatic heterocycles. The lowest BCUT2D eigenvalue weighted by atomic mass is 9.71. The first kappa shape index (κ1) is 20.9. The van der Waals surface area contributed by atoms with E-state index in [1.54, 1.807) is 0 Å². The third kappa shape index (κ3) is 4.11. The quantitative estimate of drug-likeness (QED) is 0.677. The van der Waals surface area contributed by atoms with Crippen molar-refractivity contribution < 1.29 is 19.4 Å². The number of hydrogen-bond acceptors (Lipinski definition) is 3. The molecule has 1 fully saturated rings. The van der Waals surface area contributed by atoms with Gasteiger partial charge in [-0.15, -0.1) is 0 Å². The van der Waals surface area contributed by atoms with E-state index in [1.165, 1.54) is 11.1 Å². The van der Waals surface area contributed by atoms with Crippen LogP contribution in [0.2, 0.25) is 0 Å². The first-order valence-electron chi connectivity index (χ1n) is 11.1. The zero-order valence-electron chi connectivity index (χ0n) is 18.1. The SMILES string of the molecule is CCCc1ccc2c(c1)[C@H]1O[C@@H](CCc3ccccc3)[C@H](C(=O)O)C[C@@H]1C(C)(C)O2. The highest BCUT2D eigenvalue weighted by atomic mass is 16.5. The number of rotatable bonds is 6. The molecule has 0 unspecified atom stereocenters. The fraction of sp³-hybridized carbons (Fsp3) is 0.500. The Hall–Kier alpha value is -2.33. The lowest BCUT2D eigenvalue weighted by Crippen LogP contribution is -2.52. The number of hydrogen-bond donors (Lipinski definition) is 1. The molecule has 2 aromatic carbocycles. The maximum absolute atomic E-state index is 12.1. The van der Waals surface area contributed by atoms with Gasteiger partial charge < -0.3 is 14.6 Å². The average Bonchev–Trinajstić information content (AvgIpc) is 2.73. The summed E-state index contributed by atoms with van der Waals surface area (Å²) in [5.74, 6) is -0.404. The molecule has 0 spiro atoms. The second-order valence-corrected chi connectivity index (χ2v) is 9.23. The highest BCUT2D eigenvalue weighted by Crippen LogP contribution is 2.52. The van der Waals surface area contributed by atoms with E-state index in [9.17, 15) is 9.90 Å². The van der Waals surface area contributed by atoms with E-state index in [0.717, 1.165) is 30.6 Å². The Morgan fingerprint density at radius 1 is 1.10 bits per heavy atom. The number of aryl methyl sites for hydroxylation is 2. The van der Waals surface area contributed by atoms with E-state index >= 15 is 0 Å². The molecule has 0 saturated carbocycles. The molecule has 1 N–H and O–H groups in total. The summed E-state index contributed by atoms with van der Waals surface area (Å²) in [6.07, 6.45) is 3.76. The normalized spacial score (nSPS) is 26.9. The van der Waals surface area contributed by atoms with Crippen molar-refractivity contribution in [3.05, 3.63) is 65.2 Å². The van der Waals surface area contributed by atoms with Crippen molar-refractivity contribution in [3.63, 3.8) is 0 Å². The minimum absolute atomic E-state index is 0.0101. The smallest absolute Gasteiger partial charge is 0.309 e. The molecule has 2 heterocycles. The zero-order chi connectivity index (χ0) is 21.3. The number of carboxylic acids is 1. The van der Waals surface area contributed by atoms with Crippen LogP contribution >= 0.6 is 0 Å². The topological polar surface area (TPSA) is 55.8 Å². The highest BCUT2D eigenvalue weighted by molar-refractivity contribution is 5.71. The van der Waals surface area contributed by atoms with Crippen molar-refractivity contribution in [2.75, 3.05) is 0 Å². The van der Waals surface area contributed by atoms with E-state index in [1.807, 2.05) is 18.2 Å². The molecule has 0 aromatic heterocycles. The summed E-state index contributed by atoms with van der Waals surface area (Å²) < 4.78 is 13.0. The number of ether oxygens (including phenoxy) is 2. The Morgan fingerprint density at radius 2 is 1.87 bits per heavy atom. The fourth-order valence-electron chi connectivity index (χ4n) is 5.06. The second kappa shape index (κ2) is 8.43. The minimum atomic E-state index is -0.771. The van der Waals surface area contributed by atoms with Crippen molar-refractivity contribution >= 4 is 5.97 Å². The van der Waals surface area contributed by atoms with Gasteiger partial charge in [0.2, 0.25) is 0 Å². The van der Waals surface area contributed by atoms with Crippen LogP contribution in [0.3, 0.4) is 0 Å². The van der Waals surface area contributed by atoms with Gasteiger partial charge in [-0.3, -0.25) is 4.79 Å². The maximum atomic E-state index is 12.1. The van der Waals surface area contributed by atoms with Gasteiger partial charge in [0.25, 0.3) is 0 Å². The lowest BCUT2D eigenvalue weighted by Gasteiger charge is -2.50. The molecule has 2 aromatic rings. The van der Waals surface area contributed by atoms with Gasteiger partial charge in [-0.25, -0.2) is 0 Å². The minimum Gasteiger partial charge on any atom is -0.487 e. The van der Waals surface area contributed by atoms with Crippen LogP contribution in [0.25, 0.3) is 0 Å². The molecule has 0 radical (unpaired) electrons. The molecule has 1 saturated heterocycles. The zero-order valence-corrected chi connectivity index (χ0v) is 18.1. The molecule has 4 rings (SSSR count). The first-order chi connectivity index (χ1) is 14.4. The monoisotopic (exact) mass is 408 g/mol. The van der Waals surface area contributed by atoms with E-state index < -0.39 is 17.5 Å². The number of benzene rings is 2. The molecule has 0 aliphatic carbocycles. The fourth-order valence-corrected chi connectivity index (χ4v) is 5.06. The van der Waals surface area contributed by atoms with Crippen LogP contribution in [0.5, 0.6) is 5.75 Å². The third-order valence-electron chi connectivity index (χ3n) is 6.71. The van der Waals surface area contributed by atoms with Gasteiger partial charge >= 0.3 is 5.97 Å². The van der Waals surface area contributed by atoms with Gasteiger partial charge in [-0.2, -0.15) is 0 Å². The van der Waals surface area contributed by atoms with E-state index in [2.05, 4.69) is 51.1 Å². The van der Waals surface area contributed by atoms with Gasteiger partial charge in [0.05, 0.1) is 18.1 Å². The van der Waals surface area contributed by atoms with Crippen LogP contribution in [-0.4, -0.2) is 22.8 Å². The molecule has 0 amide bonds. The van der Waals surface area contributed by atoms with Crippen molar-refractivity contribution in [1.29, 1.82) is 0 Å². The summed E-state index contributed by atoms with van der Waals surface area (Å²) in [7, 11) is 0. The molecule has 30 heavy (non-hydrogen) atoms. The molecule has 4 nitrogen and oxygen atoms in total. The Labute approximate surface area is 179 Å². The number of carboxylic acid groups (broad SMARTS) is 1. The van der Waals surface area contributed by atoms with Gasteiger partial charge in [-0.1, -0.05) is 49.7 Å². The van der Waals surface area contributed by atoms with Crippen molar-refractivity contribution in [2.45, 2.75) is 70.7 Å². The molecule has 0 bridgehead atoms. The van der Waals surface area contributed by atoms with Crippen LogP contribution < -0.4 is 4.74 Å². The van der Waals surface area contributed by atoms with E-state index in [0.29, 0.717) is 12.8 Å². The van der Waals surface area contributed by atoms with Crippen LogP contribution in [0.1, 0.15) is 62.8 Å². The van der Waals surface area contributed by atoms with Gasteiger partial charge in [0.1, 0.15) is 11.4 Å². The van der Waals surface area contributed by atoms with E-state index in [4.69, 9.17) is 9.47 Å². The van der Waals surface area contributed by atoms with Crippen LogP contribution in [-0.2, 0) is 22.4 Å². The first-order valence-corrected chi connectivity index (χ1v) is 11.1. The highest BCUT2D eigenvalue weighted by Gasteiger charge is 2.51. The van der Waals surface area contributed by atoms with Crippen molar-refractivity contribution in [2.24, 2.45) is 11.8 Å². The summed E-state index contributed by atoms with van der Waals surface area (Å²) in [6.45, 7) is 6.29.